The molecule has 0 aliphatic carbocycles. The van der Waals surface area contributed by atoms with Crippen molar-refractivity contribution in [2.45, 2.75) is 209 Å². The zero-order valence-electron chi connectivity index (χ0n) is 81.6. The van der Waals surface area contributed by atoms with Crippen LogP contribution < -0.4 is 0 Å². The Kier molecular flexibility index (Phi) is 35.5. The first-order chi connectivity index (χ1) is 60.6. The van der Waals surface area contributed by atoms with Crippen LogP contribution in [-0.4, -0.2) is 0 Å². The van der Waals surface area contributed by atoms with E-state index in [0.29, 0.717) is 10.8 Å². The van der Waals surface area contributed by atoms with Crippen molar-refractivity contribution in [3.05, 3.63) is 481 Å². The van der Waals surface area contributed by atoms with Gasteiger partial charge >= 0.3 is 0 Å². The standard InChI is InChI=1S/2C22H22.4C16H18.2C10H14/c1-22(2,3)21-16-19(17-10-6-4-7-11-17)14-15-20(21)18-12-8-5-9-13-18;1-22(2,3)21-14-8-13-20(16-21)19-12-7-11-18(15-19)17-9-5-4-6-10-17;2*1-16(2,3)15-11-7-10-14(12-15)13-8-5-4-6-9-13;2*1-16(2,3)15-11-9-14(10-12-15)13-7-5-4-6-8-13;2*1-10(2,3)9-7-5-4-6-8-9/h2*4-16H,1-3H3;4*4-12H,1-3H3;2*4-8H,1-3H3. The van der Waals surface area contributed by atoms with Crippen LogP contribution in [-0.2, 0) is 43.3 Å². The Labute approximate surface area is 774 Å². The van der Waals surface area contributed by atoms with E-state index in [9.17, 15) is 0 Å². The van der Waals surface area contributed by atoms with Crippen molar-refractivity contribution in [2.24, 2.45) is 0 Å². The fourth-order valence-electron chi connectivity index (χ4n) is 14.6. The lowest BCUT2D eigenvalue weighted by molar-refractivity contribution is 0.590. The molecule has 0 aromatic heterocycles. The molecular weight excluding hydrogens is 1540 g/mol. The van der Waals surface area contributed by atoms with Gasteiger partial charge in [-0.2, -0.15) is 0 Å². The molecule has 0 bridgehead atoms. The van der Waals surface area contributed by atoms with Gasteiger partial charge in [0.05, 0.1) is 0 Å². The highest BCUT2D eigenvalue weighted by molar-refractivity contribution is 5.77. The highest BCUT2D eigenvalue weighted by Crippen LogP contribution is 2.39. The Morgan fingerprint density at radius 1 is 0.102 bits per heavy atom. The fourth-order valence-corrected chi connectivity index (χ4v) is 14.6. The summed E-state index contributed by atoms with van der Waals surface area (Å²) in [6.45, 7) is 53.9. The first-order valence-electron chi connectivity index (χ1n) is 45.9. The third kappa shape index (κ3) is 31.8. The molecule has 0 spiro atoms. The molecule has 0 heteroatoms. The largest absolute Gasteiger partial charge is 0.0622 e. The molecule has 0 aliphatic rings. The molecule has 0 saturated carbocycles. The van der Waals surface area contributed by atoms with Gasteiger partial charge in [0.2, 0.25) is 0 Å². The van der Waals surface area contributed by atoms with Crippen molar-refractivity contribution in [3.8, 4) is 89.0 Å². The second-order valence-electron chi connectivity index (χ2n) is 41.5. The molecule has 0 heterocycles. The molecule has 16 rings (SSSR count). The van der Waals surface area contributed by atoms with Gasteiger partial charge in [-0.1, -0.05) is 597 Å². The van der Waals surface area contributed by atoms with Crippen molar-refractivity contribution >= 4 is 0 Å². The minimum Gasteiger partial charge on any atom is -0.0622 e. The van der Waals surface area contributed by atoms with Crippen LogP contribution in [0.2, 0.25) is 0 Å². The Balaban J connectivity index is 0.000000167. The van der Waals surface area contributed by atoms with E-state index >= 15 is 0 Å². The third-order valence-electron chi connectivity index (χ3n) is 22.7. The van der Waals surface area contributed by atoms with Crippen molar-refractivity contribution < 1.29 is 0 Å². The summed E-state index contributed by atoms with van der Waals surface area (Å²) in [6, 6.07) is 155. The van der Waals surface area contributed by atoms with E-state index in [1.54, 1.807) is 0 Å². The molecule has 0 saturated heterocycles. The van der Waals surface area contributed by atoms with Crippen LogP contribution in [0.1, 0.15) is 211 Å². The second-order valence-corrected chi connectivity index (χ2v) is 41.5. The summed E-state index contributed by atoms with van der Waals surface area (Å²) < 4.78 is 0. The highest BCUT2D eigenvalue weighted by Gasteiger charge is 2.22. The maximum Gasteiger partial charge on any atom is -0.0125 e. The average molecular weight is 1680 g/mol. The first-order valence-corrected chi connectivity index (χ1v) is 45.9. The molecule has 0 atom stereocenters. The SMILES string of the molecule is CC(C)(C)c1cc(-c2ccccc2)ccc1-c1ccccc1.CC(C)(C)c1ccc(-c2ccccc2)cc1.CC(C)(C)c1ccc(-c2ccccc2)cc1.CC(C)(C)c1cccc(-c2cccc(-c3ccccc3)c2)c1.CC(C)(C)c1cccc(-c2ccccc2)c1.CC(C)(C)c1cccc(-c2ccccc2)c1.CC(C)(C)c1ccccc1.CC(C)(C)c1ccccc1. The summed E-state index contributed by atoms with van der Waals surface area (Å²) >= 11 is 0. The smallest absolute Gasteiger partial charge is 0.0125 e. The predicted octanol–water partition coefficient (Wildman–Crippen LogP) is 37.2. The summed E-state index contributed by atoms with van der Waals surface area (Å²) in [5, 5.41) is 0. The molecule has 0 aliphatic heterocycles. The monoisotopic (exact) mass is 1680 g/mol. The minimum atomic E-state index is 0.107. The van der Waals surface area contributed by atoms with Gasteiger partial charge in [0, 0.05) is 0 Å². The molecule has 16 aromatic carbocycles. The van der Waals surface area contributed by atoms with Crippen molar-refractivity contribution in [1.29, 1.82) is 0 Å². The lowest BCUT2D eigenvalue weighted by Gasteiger charge is -2.24. The van der Waals surface area contributed by atoms with Crippen molar-refractivity contribution in [1.82, 2.24) is 0 Å². The molecule has 0 amide bonds. The molecule has 0 unspecified atom stereocenters. The van der Waals surface area contributed by atoms with Crippen LogP contribution in [0, 0.1) is 0 Å². The number of rotatable bonds is 8. The van der Waals surface area contributed by atoms with Crippen LogP contribution in [0.15, 0.2) is 437 Å². The minimum absolute atomic E-state index is 0.107. The Bertz CT molecular complexity index is 5630. The van der Waals surface area contributed by atoms with E-state index in [0.717, 1.165) is 0 Å². The summed E-state index contributed by atoms with van der Waals surface area (Å²) in [5.74, 6) is 0. The molecular formula is C128H144. The van der Waals surface area contributed by atoms with Gasteiger partial charge in [-0.15, -0.1) is 0 Å². The Morgan fingerprint density at radius 2 is 0.258 bits per heavy atom. The van der Waals surface area contributed by atoms with Gasteiger partial charge in [-0.25, -0.2) is 0 Å². The lowest BCUT2D eigenvalue weighted by Crippen LogP contribution is -2.13. The lowest BCUT2D eigenvalue weighted by atomic mass is 9.80. The van der Waals surface area contributed by atoms with E-state index in [2.05, 4.69) is 591 Å². The van der Waals surface area contributed by atoms with Crippen LogP contribution in [0.3, 0.4) is 0 Å². The van der Waals surface area contributed by atoms with E-state index in [1.807, 2.05) is 12.1 Å². The van der Waals surface area contributed by atoms with Gasteiger partial charge in [-0.3, -0.25) is 0 Å². The van der Waals surface area contributed by atoms with Gasteiger partial charge < -0.3 is 0 Å². The number of hydrogen-bond donors (Lipinski definition) is 0. The van der Waals surface area contributed by atoms with Gasteiger partial charge in [0.25, 0.3) is 0 Å². The van der Waals surface area contributed by atoms with Crippen LogP contribution in [0.5, 0.6) is 0 Å². The van der Waals surface area contributed by atoms with Gasteiger partial charge in [-0.05, 0) is 183 Å². The van der Waals surface area contributed by atoms with E-state index in [4.69, 9.17) is 0 Å². The van der Waals surface area contributed by atoms with Crippen LogP contribution in [0.4, 0.5) is 0 Å². The highest BCUT2D eigenvalue weighted by atomic mass is 14.3. The molecule has 0 N–H and O–H groups in total. The van der Waals surface area contributed by atoms with Crippen LogP contribution in [0.25, 0.3) is 89.0 Å². The maximum absolute atomic E-state index is 2.34. The Hall–Kier alpha value is -12.5. The van der Waals surface area contributed by atoms with Crippen molar-refractivity contribution in [3.63, 3.8) is 0 Å². The summed E-state index contributed by atoms with van der Waals surface area (Å²) in [6.07, 6.45) is 0. The van der Waals surface area contributed by atoms with Crippen LogP contribution >= 0.6 is 0 Å². The van der Waals surface area contributed by atoms with E-state index in [1.165, 1.54) is 134 Å². The molecule has 16 aromatic rings. The predicted molar refractivity (Wildman–Crippen MR) is 565 cm³/mol. The molecule has 656 valence electrons. The fraction of sp³-hybridized carbons (Fsp3) is 0.250. The molecule has 0 radical (unpaired) electrons. The summed E-state index contributed by atoms with van der Waals surface area (Å²) in [7, 11) is 0. The first kappa shape index (κ1) is 99.3. The average Bonchev–Trinajstić information content (AvgIpc) is 0.785. The topological polar surface area (TPSA) is 0 Å². The van der Waals surface area contributed by atoms with E-state index in [-0.39, 0.29) is 32.5 Å². The number of benzene rings is 16. The maximum atomic E-state index is 2.34. The van der Waals surface area contributed by atoms with Gasteiger partial charge in [0.15, 0.2) is 0 Å². The molecule has 128 heavy (non-hydrogen) atoms. The van der Waals surface area contributed by atoms with E-state index < -0.39 is 0 Å². The van der Waals surface area contributed by atoms with Gasteiger partial charge in [0.1, 0.15) is 0 Å². The molecule has 0 nitrogen and oxygen atoms in total. The quantitative estimate of drug-likeness (QED) is 0.142. The summed E-state index contributed by atoms with van der Waals surface area (Å²) in [5.41, 5.74) is 33.4. The third-order valence-corrected chi connectivity index (χ3v) is 22.7. The molecule has 0 fully saturated rings. The zero-order chi connectivity index (χ0) is 92.8. The summed E-state index contributed by atoms with van der Waals surface area (Å²) in [4.78, 5) is 0. The second kappa shape index (κ2) is 45.8. The Morgan fingerprint density at radius 3 is 0.492 bits per heavy atom. The normalized spacial score (nSPS) is 11.4. The number of hydrogen-bond acceptors (Lipinski definition) is 0. The van der Waals surface area contributed by atoms with Crippen molar-refractivity contribution in [2.75, 3.05) is 0 Å². The zero-order valence-corrected chi connectivity index (χ0v) is 81.6.